The predicted octanol–water partition coefficient (Wildman–Crippen LogP) is 9.00. The molecule has 0 bridgehead atoms. The SMILES string of the molecule is CC(C)C[C@@H]([C@@H]1CO[C@H]([C@H](CC(C)C)N(Cc2ccccc2)Cc2ccccc2)CO1)N(Cc1ccccc1)Cc1ccccc1. The molecule has 0 amide bonds. The first-order valence-electron chi connectivity index (χ1n) is 17.3. The van der Waals surface area contributed by atoms with Gasteiger partial charge < -0.3 is 9.47 Å². The first-order chi connectivity index (χ1) is 22.4. The Morgan fingerprint density at radius 2 is 0.717 bits per heavy atom. The lowest BCUT2D eigenvalue weighted by atomic mass is 9.93. The van der Waals surface area contributed by atoms with Gasteiger partial charge in [0.25, 0.3) is 0 Å². The van der Waals surface area contributed by atoms with Crippen LogP contribution in [-0.4, -0.2) is 47.3 Å². The Hall–Kier alpha value is -3.28. The summed E-state index contributed by atoms with van der Waals surface area (Å²) >= 11 is 0. The van der Waals surface area contributed by atoms with Gasteiger partial charge in [0.15, 0.2) is 0 Å². The Bertz CT molecular complexity index is 1180. The van der Waals surface area contributed by atoms with Crippen molar-refractivity contribution >= 4 is 0 Å². The Morgan fingerprint density at radius 1 is 0.457 bits per heavy atom. The van der Waals surface area contributed by atoms with E-state index in [-0.39, 0.29) is 24.3 Å². The second kappa shape index (κ2) is 17.6. The van der Waals surface area contributed by atoms with Crippen LogP contribution < -0.4 is 0 Å². The van der Waals surface area contributed by atoms with E-state index in [1.54, 1.807) is 0 Å². The average molecular weight is 619 g/mol. The molecule has 0 radical (unpaired) electrons. The molecule has 1 saturated heterocycles. The Labute approximate surface area is 278 Å². The van der Waals surface area contributed by atoms with Crippen LogP contribution in [0.25, 0.3) is 0 Å². The quantitative estimate of drug-likeness (QED) is 0.125. The van der Waals surface area contributed by atoms with Crippen molar-refractivity contribution in [2.75, 3.05) is 13.2 Å². The monoisotopic (exact) mass is 618 g/mol. The molecule has 0 unspecified atom stereocenters. The van der Waals surface area contributed by atoms with Crippen molar-refractivity contribution in [2.24, 2.45) is 11.8 Å². The van der Waals surface area contributed by atoms with E-state index in [0.717, 1.165) is 39.0 Å². The molecule has 1 aliphatic heterocycles. The van der Waals surface area contributed by atoms with Crippen LogP contribution in [0.5, 0.6) is 0 Å². The number of benzene rings is 4. The van der Waals surface area contributed by atoms with Crippen LogP contribution in [0.1, 0.15) is 62.8 Å². The van der Waals surface area contributed by atoms with Gasteiger partial charge in [-0.25, -0.2) is 0 Å². The topological polar surface area (TPSA) is 24.9 Å². The molecule has 1 fully saturated rings. The minimum atomic E-state index is 0.0162. The normalized spacial score (nSPS) is 18.3. The highest BCUT2D eigenvalue weighted by Crippen LogP contribution is 2.29. The molecule has 0 aliphatic carbocycles. The molecule has 0 aromatic heterocycles. The molecule has 0 saturated carbocycles. The largest absolute Gasteiger partial charge is 0.371 e. The maximum Gasteiger partial charge on any atom is 0.0964 e. The standard InChI is InChI=1S/C42H54N2O2/c1-33(2)25-39(43(27-35-17-9-5-10-18-35)28-36-19-11-6-12-20-36)41-31-46-42(32-45-41)40(26-34(3)4)44(29-37-21-13-7-14-22-37)30-38-23-15-8-16-24-38/h5-24,33-34,39-42H,25-32H2,1-4H3/t39-,40-,41-,42-/m0/s1. The van der Waals surface area contributed by atoms with Crippen LogP contribution in [0.2, 0.25) is 0 Å². The van der Waals surface area contributed by atoms with Gasteiger partial charge in [-0.3, -0.25) is 9.80 Å². The summed E-state index contributed by atoms with van der Waals surface area (Å²) in [5.41, 5.74) is 5.32. The Balaban J connectivity index is 1.36. The Kier molecular flexibility index (Phi) is 13.0. The molecule has 4 aromatic carbocycles. The van der Waals surface area contributed by atoms with Crippen LogP contribution in [0.4, 0.5) is 0 Å². The summed E-state index contributed by atoms with van der Waals surface area (Å²) in [6, 6.07) is 43.9. The minimum Gasteiger partial charge on any atom is -0.371 e. The molecule has 244 valence electrons. The number of hydrogen-bond acceptors (Lipinski definition) is 4. The molecule has 4 atom stereocenters. The molecular formula is C42H54N2O2. The molecule has 4 nitrogen and oxygen atoms in total. The summed E-state index contributed by atoms with van der Waals surface area (Å²) in [5.74, 6) is 1.09. The zero-order valence-corrected chi connectivity index (χ0v) is 28.4. The first-order valence-corrected chi connectivity index (χ1v) is 17.3. The smallest absolute Gasteiger partial charge is 0.0964 e. The lowest BCUT2D eigenvalue weighted by Crippen LogP contribution is -2.55. The van der Waals surface area contributed by atoms with Gasteiger partial charge in [0.05, 0.1) is 25.4 Å². The fraction of sp³-hybridized carbons (Fsp3) is 0.429. The van der Waals surface area contributed by atoms with Crippen molar-refractivity contribution in [1.82, 2.24) is 9.80 Å². The molecule has 5 rings (SSSR count). The number of rotatable bonds is 16. The van der Waals surface area contributed by atoms with Gasteiger partial charge in [0, 0.05) is 38.3 Å². The first kappa shape index (κ1) is 34.1. The molecule has 4 aromatic rings. The minimum absolute atomic E-state index is 0.0162. The number of ether oxygens (including phenoxy) is 2. The fourth-order valence-corrected chi connectivity index (χ4v) is 6.87. The van der Waals surface area contributed by atoms with E-state index < -0.39 is 0 Å². The van der Waals surface area contributed by atoms with Crippen molar-refractivity contribution in [2.45, 2.75) is 91.0 Å². The lowest BCUT2D eigenvalue weighted by molar-refractivity contribution is -0.180. The van der Waals surface area contributed by atoms with E-state index in [9.17, 15) is 0 Å². The average Bonchev–Trinajstić information content (AvgIpc) is 3.07. The summed E-state index contributed by atoms with van der Waals surface area (Å²) in [6.07, 6.45) is 2.15. The molecule has 1 aliphatic rings. The van der Waals surface area contributed by atoms with E-state index in [4.69, 9.17) is 9.47 Å². The van der Waals surface area contributed by atoms with Gasteiger partial charge in [-0.1, -0.05) is 149 Å². The van der Waals surface area contributed by atoms with Crippen molar-refractivity contribution in [3.8, 4) is 0 Å². The van der Waals surface area contributed by atoms with E-state index in [1.165, 1.54) is 22.3 Å². The van der Waals surface area contributed by atoms with Crippen molar-refractivity contribution < 1.29 is 9.47 Å². The van der Waals surface area contributed by atoms with Gasteiger partial charge in [0.2, 0.25) is 0 Å². The van der Waals surface area contributed by atoms with E-state index in [2.05, 4.69) is 159 Å². The van der Waals surface area contributed by atoms with Crippen LogP contribution >= 0.6 is 0 Å². The summed E-state index contributed by atoms with van der Waals surface area (Å²) in [5, 5.41) is 0. The second-order valence-corrected chi connectivity index (χ2v) is 13.9. The van der Waals surface area contributed by atoms with Crippen LogP contribution in [0.15, 0.2) is 121 Å². The molecule has 1 heterocycles. The zero-order chi connectivity index (χ0) is 32.1. The third kappa shape index (κ3) is 10.4. The highest BCUT2D eigenvalue weighted by atomic mass is 16.6. The molecule has 0 N–H and O–H groups in total. The summed E-state index contributed by atoms with van der Waals surface area (Å²) in [6.45, 7) is 14.1. The maximum atomic E-state index is 6.93. The third-order valence-corrected chi connectivity index (χ3v) is 9.09. The number of nitrogens with zero attached hydrogens (tertiary/aromatic N) is 2. The van der Waals surface area contributed by atoms with E-state index >= 15 is 0 Å². The molecule has 0 spiro atoms. The zero-order valence-electron chi connectivity index (χ0n) is 28.4. The fourth-order valence-electron chi connectivity index (χ4n) is 6.87. The summed E-state index contributed by atoms with van der Waals surface area (Å²) < 4.78 is 13.9. The van der Waals surface area contributed by atoms with Crippen molar-refractivity contribution in [3.05, 3.63) is 144 Å². The van der Waals surface area contributed by atoms with E-state index in [0.29, 0.717) is 25.0 Å². The summed E-state index contributed by atoms with van der Waals surface area (Å²) in [7, 11) is 0. The molecular weight excluding hydrogens is 564 g/mol. The van der Waals surface area contributed by atoms with Gasteiger partial charge in [-0.2, -0.15) is 0 Å². The van der Waals surface area contributed by atoms with Crippen LogP contribution in [-0.2, 0) is 35.7 Å². The predicted molar refractivity (Wildman–Crippen MR) is 190 cm³/mol. The third-order valence-electron chi connectivity index (χ3n) is 9.09. The van der Waals surface area contributed by atoms with Crippen molar-refractivity contribution in [1.29, 1.82) is 0 Å². The van der Waals surface area contributed by atoms with Gasteiger partial charge in [-0.05, 0) is 46.9 Å². The molecule has 46 heavy (non-hydrogen) atoms. The van der Waals surface area contributed by atoms with Crippen LogP contribution in [0, 0.1) is 11.8 Å². The highest BCUT2D eigenvalue weighted by Gasteiger charge is 2.38. The van der Waals surface area contributed by atoms with Gasteiger partial charge in [-0.15, -0.1) is 0 Å². The summed E-state index contributed by atoms with van der Waals surface area (Å²) in [4.78, 5) is 5.25. The number of hydrogen-bond donors (Lipinski definition) is 0. The molecule has 4 heteroatoms. The van der Waals surface area contributed by atoms with Gasteiger partial charge >= 0.3 is 0 Å². The van der Waals surface area contributed by atoms with E-state index in [1.807, 2.05) is 0 Å². The second-order valence-electron chi connectivity index (χ2n) is 13.9. The Morgan fingerprint density at radius 3 is 0.935 bits per heavy atom. The highest BCUT2D eigenvalue weighted by molar-refractivity contribution is 5.19. The van der Waals surface area contributed by atoms with Crippen LogP contribution in [0.3, 0.4) is 0 Å². The van der Waals surface area contributed by atoms with Crippen molar-refractivity contribution in [3.63, 3.8) is 0 Å². The lowest BCUT2D eigenvalue weighted by Gasteiger charge is -2.44. The maximum absolute atomic E-state index is 6.93. The van der Waals surface area contributed by atoms with Gasteiger partial charge in [0.1, 0.15) is 0 Å².